The normalized spacial score (nSPS) is 25.7. The van der Waals surface area contributed by atoms with Crippen LogP contribution in [0.2, 0.25) is 0 Å². The summed E-state index contributed by atoms with van der Waals surface area (Å²) in [5.41, 5.74) is 2.14. The van der Waals surface area contributed by atoms with Crippen LogP contribution in [0.4, 0.5) is 0 Å². The summed E-state index contributed by atoms with van der Waals surface area (Å²) in [6, 6.07) is 5.27. The van der Waals surface area contributed by atoms with Crippen LogP contribution in [0.3, 0.4) is 0 Å². The van der Waals surface area contributed by atoms with Crippen LogP contribution in [-0.4, -0.2) is 51.3 Å². The van der Waals surface area contributed by atoms with Gasteiger partial charge in [0.25, 0.3) is 5.91 Å². The van der Waals surface area contributed by atoms with Crippen LogP contribution in [0.25, 0.3) is 0 Å². The van der Waals surface area contributed by atoms with E-state index in [2.05, 4.69) is 0 Å². The molecule has 2 unspecified atom stereocenters. The van der Waals surface area contributed by atoms with Crippen molar-refractivity contribution < 1.29 is 18.7 Å². The highest BCUT2D eigenvalue weighted by atomic mass is 32.2. The summed E-state index contributed by atoms with van der Waals surface area (Å²) >= 11 is 0. The van der Waals surface area contributed by atoms with E-state index in [0.717, 1.165) is 5.56 Å². The SMILES string of the molecule is CC1CS(=O)CCN1C(=O)c1ccc2c(c1)B(O)OC2. The second kappa shape index (κ2) is 5.31. The molecule has 1 amide bonds. The zero-order valence-corrected chi connectivity index (χ0v) is 12.1. The maximum absolute atomic E-state index is 12.5. The van der Waals surface area contributed by atoms with Crippen molar-refractivity contribution in [1.82, 2.24) is 4.90 Å². The highest BCUT2D eigenvalue weighted by Crippen LogP contribution is 2.16. The van der Waals surface area contributed by atoms with Crippen molar-refractivity contribution in [3.8, 4) is 0 Å². The van der Waals surface area contributed by atoms with Crippen molar-refractivity contribution in [2.75, 3.05) is 18.1 Å². The molecule has 0 spiro atoms. The number of hydrogen-bond acceptors (Lipinski definition) is 4. The molecule has 1 aromatic carbocycles. The van der Waals surface area contributed by atoms with Gasteiger partial charge in [0.15, 0.2) is 0 Å². The minimum absolute atomic E-state index is 0.0217. The van der Waals surface area contributed by atoms with Gasteiger partial charge in [-0.25, -0.2) is 0 Å². The molecule has 0 aliphatic carbocycles. The number of benzene rings is 1. The van der Waals surface area contributed by atoms with Gasteiger partial charge >= 0.3 is 7.12 Å². The lowest BCUT2D eigenvalue weighted by atomic mass is 9.78. The van der Waals surface area contributed by atoms with E-state index in [1.54, 1.807) is 17.0 Å². The summed E-state index contributed by atoms with van der Waals surface area (Å²) in [6.45, 7) is 2.81. The van der Waals surface area contributed by atoms with Crippen LogP contribution in [-0.2, 0) is 22.1 Å². The minimum Gasteiger partial charge on any atom is -0.423 e. The maximum Gasteiger partial charge on any atom is 0.491 e. The average molecular weight is 293 g/mol. The smallest absolute Gasteiger partial charge is 0.423 e. The number of carbonyl (C=O) groups excluding carboxylic acids is 1. The molecule has 1 N–H and O–H groups in total. The van der Waals surface area contributed by atoms with E-state index in [1.807, 2.05) is 13.0 Å². The third-order valence-corrected chi connectivity index (χ3v) is 5.33. The summed E-state index contributed by atoms with van der Waals surface area (Å²) in [5, 5.41) is 9.70. The first-order chi connectivity index (χ1) is 9.56. The van der Waals surface area contributed by atoms with Gasteiger partial charge in [-0.15, -0.1) is 0 Å². The highest BCUT2D eigenvalue weighted by Gasteiger charge is 2.31. The molecule has 1 aromatic rings. The van der Waals surface area contributed by atoms with E-state index in [9.17, 15) is 14.0 Å². The number of carbonyl (C=O) groups is 1. The summed E-state index contributed by atoms with van der Waals surface area (Å²) in [6.07, 6.45) is 0. The third-order valence-electron chi connectivity index (χ3n) is 3.84. The molecule has 20 heavy (non-hydrogen) atoms. The molecule has 0 bridgehead atoms. The van der Waals surface area contributed by atoms with Crippen molar-refractivity contribution in [3.05, 3.63) is 29.3 Å². The first-order valence-corrected chi connectivity index (χ1v) is 8.13. The molecule has 3 rings (SSSR count). The fraction of sp³-hybridized carbons (Fsp3) is 0.462. The summed E-state index contributed by atoms with van der Waals surface area (Å²) in [7, 11) is -1.76. The topological polar surface area (TPSA) is 66.8 Å². The second-order valence-corrected chi connectivity index (χ2v) is 6.86. The van der Waals surface area contributed by atoms with E-state index in [4.69, 9.17) is 4.65 Å². The maximum atomic E-state index is 12.5. The van der Waals surface area contributed by atoms with E-state index in [0.29, 0.717) is 35.7 Å². The van der Waals surface area contributed by atoms with E-state index in [1.165, 1.54) is 0 Å². The number of rotatable bonds is 1. The Balaban J connectivity index is 1.84. The third kappa shape index (κ3) is 2.41. The van der Waals surface area contributed by atoms with Gasteiger partial charge < -0.3 is 14.6 Å². The summed E-state index contributed by atoms with van der Waals surface area (Å²) in [4.78, 5) is 14.3. The quantitative estimate of drug-likeness (QED) is 0.709. The fourth-order valence-corrected chi connectivity index (χ4v) is 3.96. The molecule has 1 saturated heterocycles. The number of nitrogens with zero attached hydrogens (tertiary/aromatic N) is 1. The molecular weight excluding hydrogens is 277 g/mol. The second-order valence-electron chi connectivity index (χ2n) is 5.24. The van der Waals surface area contributed by atoms with Gasteiger partial charge in [-0.1, -0.05) is 6.07 Å². The molecule has 2 aliphatic rings. The fourth-order valence-electron chi connectivity index (χ4n) is 2.68. The Morgan fingerprint density at radius 1 is 1.55 bits per heavy atom. The lowest BCUT2D eigenvalue weighted by Crippen LogP contribution is -2.48. The van der Waals surface area contributed by atoms with E-state index < -0.39 is 17.9 Å². The lowest BCUT2D eigenvalue weighted by molar-refractivity contribution is 0.0714. The van der Waals surface area contributed by atoms with Crippen LogP contribution in [0.5, 0.6) is 0 Å². The Hall–Kier alpha value is -1.18. The standard InChI is InChI=1S/C13H16BNO4S/c1-9-8-20(18)5-4-15(9)13(16)10-2-3-11-7-19-14(17)12(11)6-10/h2-3,6,9,17H,4-5,7-8H2,1H3. The van der Waals surface area contributed by atoms with Gasteiger partial charge in [-0.2, -0.15) is 0 Å². The molecule has 7 heteroatoms. The molecule has 0 radical (unpaired) electrons. The first-order valence-electron chi connectivity index (χ1n) is 6.64. The van der Waals surface area contributed by atoms with Crippen LogP contribution in [0, 0.1) is 0 Å². The Bertz CT molecular complexity index is 579. The zero-order valence-electron chi connectivity index (χ0n) is 11.2. The van der Waals surface area contributed by atoms with Gasteiger partial charge in [-0.3, -0.25) is 9.00 Å². The summed E-state index contributed by atoms with van der Waals surface area (Å²) < 4.78 is 16.6. The molecule has 0 saturated carbocycles. The highest BCUT2D eigenvalue weighted by molar-refractivity contribution is 7.85. The van der Waals surface area contributed by atoms with Crippen LogP contribution in [0.15, 0.2) is 18.2 Å². The Morgan fingerprint density at radius 2 is 2.35 bits per heavy atom. The largest absolute Gasteiger partial charge is 0.491 e. The van der Waals surface area contributed by atoms with Gasteiger partial charge in [-0.05, 0) is 30.1 Å². The average Bonchev–Trinajstić information content (AvgIpc) is 2.79. The van der Waals surface area contributed by atoms with Gasteiger partial charge in [0.2, 0.25) is 0 Å². The molecule has 2 aliphatic heterocycles. The number of amides is 1. The molecule has 1 fully saturated rings. The molecule has 0 aromatic heterocycles. The Morgan fingerprint density at radius 3 is 3.10 bits per heavy atom. The molecular formula is C13H16BNO4S. The van der Waals surface area contributed by atoms with Gasteiger partial charge in [0.05, 0.1) is 6.61 Å². The number of fused-ring (bicyclic) bond motifs is 1. The molecule has 2 heterocycles. The zero-order chi connectivity index (χ0) is 14.3. The summed E-state index contributed by atoms with van der Waals surface area (Å²) in [5.74, 6) is 0.992. The monoisotopic (exact) mass is 293 g/mol. The molecule has 5 nitrogen and oxygen atoms in total. The van der Waals surface area contributed by atoms with Crippen LogP contribution < -0.4 is 5.46 Å². The van der Waals surface area contributed by atoms with Crippen molar-refractivity contribution in [3.63, 3.8) is 0 Å². The molecule has 106 valence electrons. The minimum atomic E-state index is -0.941. The molecule has 2 atom stereocenters. The van der Waals surface area contributed by atoms with Crippen molar-refractivity contribution in [2.24, 2.45) is 0 Å². The Kier molecular flexibility index (Phi) is 3.66. The Labute approximate surface area is 120 Å². The van der Waals surface area contributed by atoms with E-state index in [-0.39, 0.29) is 11.9 Å². The van der Waals surface area contributed by atoms with Gasteiger partial charge in [0.1, 0.15) is 0 Å². The van der Waals surface area contributed by atoms with Crippen LogP contribution in [0.1, 0.15) is 22.8 Å². The van der Waals surface area contributed by atoms with E-state index >= 15 is 0 Å². The first kappa shape index (κ1) is 13.8. The van der Waals surface area contributed by atoms with Crippen molar-refractivity contribution in [2.45, 2.75) is 19.6 Å². The van der Waals surface area contributed by atoms with Crippen molar-refractivity contribution in [1.29, 1.82) is 0 Å². The predicted octanol–water partition coefficient (Wildman–Crippen LogP) is -0.503. The lowest BCUT2D eigenvalue weighted by Gasteiger charge is -2.33. The number of hydrogen-bond donors (Lipinski definition) is 1. The van der Waals surface area contributed by atoms with Gasteiger partial charge in [0, 0.05) is 40.5 Å². The van der Waals surface area contributed by atoms with Crippen molar-refractivity contribution >= 4 is 29.3 Å². The predicted molar refractivity (Wildman–Crippen MR) is 77.2 cm³/mol. The van der Waals surface area contributed by atoms with Crippen LogP contribution >= 0.6 is 0 Å².